The summed E-state index contributed by atoms with van der Waals surface area (Å²) >= 11 is 0. The topological polar surface area (TPSA) is 105 Å². The minimum Gasteiger partial charge on any atom is -0.350 e. The van der Waals surface area contributed by atoms with Gasteiger partial charge in [0.1, 0.15) is 5.75 Å². The second-order valence-corrected chi connectivity index (χ2v) is 6.49. The Morgan fingerprint density at radius 3 is 2.55 bits per heavy atom. The summed E-state index contributed by atoms with van der Waals surface area (Å²) < 4.78 is 33.0. The predicted molar refractivity (Wildman–Crippen MR) is 79.4 cm³/mol. The number of aryl methyl sites for hydroxylation is 1. The minimum atomic E-state index is -4.43. The van der Waals surface area contributed by atoms with Gasteiger partial charge >= 0.3 is 0 Å². The molecule has 2 N–H and O–H groups in total. The number of imide groups is 1. The van der Waals surface area contributed by atoms with E-state index in [4.69, 9.17) is 4.55 Å². The van der Waals surface area contributed by atoms with E-state index in [0.29, 0.717) is 5.56 Å². The zero-order valence-electron chi connectivity index (χ0n) is 11.5. The molecule has 0 saturated carbocycles. The van der Waals surface area contributed by atoms with Crippen molar-refractivity contribution in [3.8, 4) is 0 Å². The van der Waals surface area contributed by atoms with Gasteiger partial charge in [0.05, 0.1) is 5.57 Å². The summed E-state index contributed by atoms with van der Waals surface area (Å²) in [5.41, 5.74) is 1.03. The Labute approximate surface area is 126 Å². The van der Waals surface area contributed by atoms with Crippen LogP contribution in [0.25, 0.3) is 16.5 Å². The number of nitrogens with one attached hydrogen (secondary N) is 1. The van der Waals surface area contributed by atoms with Crippen LogP contribution in [0, 0.1) is 0 Å². The third-order valence-corrected chi connectivity index (χ3v) is 4.18. The first-order valence-electron chi connectivity index (χ1n) is 6.36. The molecule has 114 valence electrons. The van der Waals surface area contributed by atoms with Crippen molar-refractivity contribution < 1.29 is 22.6 Å². The predicted octanol–water partition coefficient (Wildman–Crippen LogP) is 0.476. The van der Waals surface area contributed by atoms with Crippen LogP contribution in [-0.2, 0) is 26.8 Å². The number of benzene rings is 1. The number of nitrogens with zero attached hydrogens (tertiary/aromatic N) is 1. The SMILES string of the molecule is Cn1cc(C2=C(CS(=O)(=O)O)C(=O)NC2=O)c2ccccc21. The van der Waals surface area contributed by atoms with Gasteiger partial charge in [-0.15, -0.1) is 0 Å². The monoisotopic (exact) mass is 320 g/mol. The standard InChI is InChI=1S/C14H12N2O5S/c1-16-6-9(8-4-2-3-5-11(8)16)12-10(7-22(19,20)21)13(17)15-14(12)18/h2-6H,7H2,1H3,(H,15,17,18)(H,19,20,21). The number of carbonyl (C=O) groups is 2. The average Bonchev–Trinajstić information content (AvgIpc) is 2.87. The molecule has 7 nitrogen and oxygen atoms in total. The van der Waals surface area contributed by atoms with Crippen LogP contribution in [0.1, 0.15) is 5.56 Å². The molecular formula is C14H12N2O5S. The smallest absolute Gasteiger partial charge is 0.269 e. The van der Waals surface area contributed by atoms with Crippen LogP contribution in [0.2, 0.25) is 0 Å². The molecule has 0 unspecified atom stereocenters. The van der Waals surface area contributed by atoms with Crippen LogP contribution in [0.15, 0.2) is 36.0 Å². The van der Waals surface area contributed by atoms with Crippen LogP contribution < -0.4 is 5.32 Å². The maximum absolute atomic E-state index is 12.1. The average molecular weight is 320 g/mol. The molecule has 0 aliphatic carbocycles. The summed E-state index contributed by atoms with van der Waals surface area (Å²) in [6, 6.07) is 7.23. The number of amides is 2. The number of hydrogen-bond acceptors (Lipinski definition) is 4. The summed E-state index contributed by atoms with van der Waals surface area (Å²) in [7, 11) is -2.65. The van der Waals surface area contributed by atoms with Crippen molar-refractivity contribution in [2.45, 2.75) is 0 Å². The fraction of sp³-hybridized carbons (Fsp3) is 0.143. The lowest BCUT2D eigenvalue weighted by Crippen LogP contribution is -2.24. The lowest BCUT2D eigenvalue weighted by atomic mass is 10.0. The Kier molecular flexibility index (Phi) is 3.15. The zero-order valence-corrected chi connectivity index (χ0v) is 12.3. The molecule has 2 amide bonds. The number of fused-ring (bicyclic) bond motifs is 1. The first kappa shape index (κ1) is 14.5. The summed E-state index contributed by atoms with van der Waals surface area (Å²) in [6.07, 6.45) is 1.65. The van der Waals surface area contributed by atoms with E-state index in [1.165, 1.54) is 0 Å². The van der Waals surface area contributed by atoms with Gasteiger partial charge in [0.25, 0.3) is 21.9 Å². The normalized spacial score (nSPS) is 15.7. The molecular weight excluding hydrogens is 308 g/mol. The molecule has 0 fully saturated rings. The molecule has 0 spiro atoms. The summed E-state index contributed by atoms with van der Waals surface area (Å²) in [4.78, 5) is 23.9. The van der Waals surface area contributed by atoms with Crippen molar-refractivity contribution in [1.82, 2.24) is 9.88 Å². The van der Waals surface area contributed by atoms with E-state index in [2.05, 4.69) is 5.32 Å². The van der Waals surface area contributed by atoms with Crippen molar-refractivity contribution in [2.24, 2.45) is 7.05 Å². The maximum Gasteiger partial charge on any atom is 0.269 e. The van der Waals surface area contributed by atoms with E-state index in [0.717, 1.165) is 10.9 Å². The van der Waals surface area contributed by atoms with Crippen molar-refractivity contribution in [1.29, 1.82) is 0 Å². The van der Waals surface area contributed by atoms with E-state index >= 15 is 0 Å². The van der Waals surface area contributed by atoms with Gasteiger partial charge in [0, 0.05) is 35.3 Å². The van der Waals surface area contributed by atoms with Crippen LogP contribution in [0.5, 0.6) is 0 Å². The van der Waals surface area contributed by atoms with Gasteiger partial charge in [0.2, 0.25) is 0 Å². The molecule has 1 aromatic heterocycles. The van der Waals surface area contributed by atoms with E-state index in [1.54, 1.807) is 29.9 Å². The van der Waals surface area contributed by atoms with Gasteiger partial charge in [0.15, 0.2) is 0 Å². The Morgan fingerprint density at radius 2 is 1.86 bits per heavy atom. The van der Waals surface area contributed by atoms with Crippen molar-refractivity contribution in [2.75, 3.05) is 5.75 Å². The van der Waals surface area contributed by atoms with E-state index in [9.17, 15) is 18.0 Å². The first-order chi connectivity index (χ1) is 10.3. The quantitative estimate of drug-likeness (QED) is 0.632. The number of hydrogen-bond donors (Lipinski definition) is 2. The second kappa shape index (κ2) is 4.79. The van der Waals surface area contributed by atoms with Gasteiger partial charge < -0.3 is 4.57 Å². The molecule has 8 heteroatoms. The molecule has 0 saturated heterocycles. The van der Waals surface area contributed by atoms with Crippen LogP contribution in [0.4, 0.5) is 0 Å². The highest BCUT2D eigenvalue weighted by atomic mass is 32.2. The summed E-state index contributed by atoms with van der Waals surface area (Å²) in [5, 5.41) is 2.80. The molecule has 0 radical (unpaired) electrons. The summed E-state index contributed by atoms with van der Waals surface area (Å²) in [5.74, 6) is -2.37. The van der Waals surface area contributed by atoms with Gasteiger partial charge in [-0.05, 0) is 6.07 Å². The van der Waals surface area contributed by atoms with Crippen LogP contribution in [-0.4, -0.2) is 35.1 Å². The molecule has 0 bridgehead atoms. The Balaban J connectivity index is 2.30. The molecule has 3 rings (SSSR count). The van der Waals surface area contributed by atoms with Crippen LogP contribution in [0.3, 0.4) is 0 Å². The van der Waals surface area contributed by atoms with E-state index in [-0.39, 0.29) is 11.1 Å². The largest absolute Gasteiger partial charge is 0.350 e. The molecule has 22 heavy (non-hydrogen) atoms. The maximum atomic E-state index is 12.1. The third-order valence-electron chi connectivity index (χ3n) is 3.52. The Bertz CT molecular complexity index is 953. The molecule has 1 aromatic carbocycles. The lowest BCUT2D eigenvalue weighted by molar-refractivity contribution is -0.123. The van der Waals surface area contributed by atoms with E-state index in [1.807, 2.05) is 12.1 Å². The number of aromatic nitrogens is 1. The Hall–Kier alpha value is -2.45. The van der Waals surface area contributed by atoms with Gasteiger partial charge in [-0.25, -0.2) is 0 Å². The number of carbonyl (C=O) groups excluding carboxylic acids is 2. The highest BCUT2D eigenvalue weighted by Gasteiger charge is 2.34. The second-order valence-electron chi connectivity index (χ2n) is 5.03. The highest BCUT2D eigenvalue weighted by molar-refractivity contribution is 7.86. The first-order valence-corrected chi connectivity index (χ1v) is 7.97. The van der Waals surface area contributed by atoms with E-state index < -0.39 is 27.7 Å². The van der Waals surface area contributed by atoms with Crippen LogP contribution >= 0.6 is 0 Å². The minimum absolute atomic E-state index is 0.0144. The molecule has 1 aliphatic rings. The molecule has 2 aromatic rings. The lowest BCUT2D eigenvalue weighted by Gasteiger charge is -2.01. The number of rotatable bonds is 3. The van der Waals surface area contributed by atoms with Gasteiger partial charge in [-0.1, -0.05) is 18.2 Å². The summed E-state index contributed by atoms with van der Waals surface area (Å²) in [6.45, 7) is 0. The van der Waals surface area contributed by atoms with Gasteiger partial charge in [-0.3, -0.25) is 19.5 Å². The van der Waals surface area contributed by atoms with Crippen molar-refractivity contribution in [3.05, 3.63) is 41.6 Å². The van der Waals surface area contributed by atoms with Crippen molar-refractivity contribution >= 4 is 38.4 Å². The Morgan fingerprint density at radius 1 is 1.18 bits per heavy atom. The fourth-order valence-electron chi connectivity index (χ4n) is 2.64. The van der Waals surface area contributed by atoms with Gasteiger partial charge in [-0.2, -0.15) is 8.42 Å². The number of para-hydroxylation sites is 1. The molecule has 0 atom stereocenters. The third kappa shape index (κ3) is 2.32. The highest BCUT2D eigenvalue weighted by Crippen LogP contribution is 2.31. The fourth-order valence-corrected chi connectivity index (χ4v) is 3.28. The van der Waals surface area contributed by atoms with Crippen molar-refractivity contribution in [3.63, 3.8) is 0 Å². The molecule has 2 heterocycles. The zero-order chi connectivity index (χ0) is 16.1. The molecule has 1 aliphatic heterocycles.